The number of rotatable bonds is 2. The van der Waals surface area contributed by atoms with Gasteiger partial charge in [-0.25, -0.2) is 0 Å². The van der Waals surface area contributed by atoms with Crippen LogP contribution in [0.3, 0.4) is 0 Å². The molecule has 2 nitrogen and oxygen atoms in total. The van der Waals surface area contributed by atoms with Crippen LogP contribution in [0.1, 0.15) is 45.6 Å². The van der Waals surface area contributed by atoms with Gasteiger partial charge in [0.05, 0.1) is 6.20 Å². The standard InChI is InChI=1S/C15H25BrN2/c1-15(2,3)13-5-6-14(16)12(8-13)7-11-9-17-18(4)10-11/h9-10,12-14H,5-8H2,1-4H3. The normalized spacial score (nSPS) is 29.5. The van der Waals surface area contributed by atoms with E-state index < -0.39 is 0 Å². The number of hydrogen-bond acceptors (Lipinski definition) is 1. The fourth-order valence-electron chi connectivity index (χ4n) is 3.10. The van der Waals surface area contributed by atoms with Gasteiger partial charge in [-0.2, -0.15) is 5.10 Å². The molecule has 1 aliphatic rings. The van der Waals surface area contributed by atoms with Gasteiger partial charge in [-0.05, 0) is 48.5 Å². The van der Waals surface area contributed by atoms with Crippen molar-refractivity contribution in [3.05, 3.63) is 18.0 Å². The highest BCUT2D eigenvalue weighted by atomic mass is 79.9. The lowest BCUT2D eigenvalue weighted by Gasteiger charge is -2.40. The molecule has 1 heterocycles. The minimum Gasteiger partial charge on any atom is -0.276 e. The van der Waals surface area contributed by atoms with Crippen LogP contribution in [0.4, 0.5) is 0 Å². The molecule has 0 radical (unpaired) electrons. The van der Waals surface area contributed by atoms with Crippen LogP contribution >= 0.6 is 15.9 Å². The van der Waals surface area contributed by atoms with Gasteiger partial charge in [0.1, 0.15) is 0 Å². The lowest BCUT2D eigenvalue weighted by atomic mass is 9.68. The molecule has 0 bridgehead atoms. The third kappa shape index (κ3) is 3.37. The first-order valence-electron chi connectivity index (χ1n) is 6.98. The summed E-state index contributed by atoms with van der Waals surface area (Å²) in [6.07, 6.45) is 9.35. The topological polar surface area (TPSA) is 17.8 Å². The van der Waals surface area contributed by atoms with Crippen LogP contribution in [0, 0.1) is 17.3 Å². The summed E-state index contributed by atoms with van der Waals surface area (Å²) >= 11 is 3.89. The fraction of sp³-hybridized carbons (Fsp3) is 0.800. The molecule has 1 aromatic rings. The Morgan fingerprint density at radius 1 is 1.39 bits per heavy atom. The molecule has 1 saturated carbocycles. The van der Waals surface area contributed by atoms with Crippen LogP contribution in [0.15, 0.2) is 12.4 Å². The van der Waals surface area contributed by atoms with Gasteiger partial charge in [0.25, 0.3) is 0 Å². The van der Waals surface area contributed by atoms with E-state index in [4.69, 9.17) is 0 Å². The molecule has 3 heteroatoms. The molecule has 1 fully saturated rings. The first-order chi connectivity index (χ1) is 8.36. The molecule has 3 unspecified atom stereocenters. The minimum atomic E-state index is 0.445. The highest BCUT2D eigenvalue weighted by molar-refractivity contribution is 9.09. The zero-order valence-corrected chi connectivity index (χ0v) is 13.6. The predicted octanol–water partition coefficient (Wildman–Crippen LogP) is 4.19. The molecule has 2 rings (SSSR count). The van der Waals surface area contributed by atoms with Crippen molar-refractivity contribution in [2.45, 2.75) is 51.3 Å². The van der Waals surface area contributed by atoms with Gasteiger partial charge in [0.15, 0.2) is 0 Å². The van der Waals surface area contributed by atoms with E-state index in [1.807, 2.05) is 17.9 Å². The maximum atomic E-state index is 4.28. The van der Waals surface area contributed by atoms with E-state index in [0.717, 1.165) is 18.3 Å². The summed E-state index contributed by atoms with van der Waals surface area (Å²) in [6.45, 7) is 7.15. The van der Waals surface area contributed by atoms with Crippen LogP contribution in [0.5, 0.6) is 0 Å². The molecule has 0 spiro atoms. The van der Waals surface area contributed by atoms with Crippen molar-refractivity contribution in [1.82, 2.24) is 9.78 Å². The van der Waals surface area contributed by atoms with Gasteiger partial charge in [0.2, 0.25) is 0 Å². The van der Waals surface area contributed by atoms with Crippen molar-refractivity contribution in [2.75, 3.05) is 0 Å². The van der Waals surface area contributed by atoms with Crippen molar-refractivity contribution >= 4 is 15.9 Å². The first kappa shape index (κ1) is 14.1. The Morgan fingerprint density at radius 2 is 2.11 bits per heavy atom. The second-order valence-electron chi connectivity index (χ2n) is 6.88. The maximum absolute atomic E-state index is 4.28. The summed E-state index contributed by atoms with van der Waals surface area (Å²) in [5, 5.41) is 4.28. The van der Waals surface area contributed by atoms with Gasteiger partial charge < -0.3 is 0 Å². The summed E-state index contributed by atoms with van der Waals surface area (Å²) in [6, 6.07) is 0. The third-order valence-corrected chi connectivity index (χ3v) is 5.58. The molecule has 3 atom stereocenters. The second-order valence-corrected chi connectivity index (χ2v) is 8.05. The van der Waals surface area contributed by atoms with E-state index in [0.29, 0.717) is 10.2 Å². The molecule has 1 aromatic heterocycles. The Bertz CT molecular complexity index is 391. The number of aromatic nitrogens is 2. The lowest BCUT2D eigenvalue weighted by molar-refractivity contribution is 0.146. The van der Waals surface area contributed by atoms with E-state index in [9.17, 15) is 0 Å². The van der Waals surface area contributed by atoms with Crippen molar-refractivity contribution in [1.29, 1.82) is 0 Å². The summed E-state index contributed by atoms with van der Waals surface area (Å²) in [5.74, 6) is 1.61. The van der Waals surface area contributed by atoms with E-state index in [-0.39, 0.29) is 0 Å². The van der Waals surface area contributed by atoms with E-state index in [1.54, 1.807) is 0 Å². The molecule has 102 valence electrons. The summed E-state index contributed by atoms with van der Waals surface area (Å²) in [7, 11) is 1.99. The zero-order chi connectivity index (χ0) is 13.3. The minimum absolute atomic E-state index is 0.445. The van der Waals surface area contributed by atoms with Crippen molar-refractivity contribution in [2.24, 2.45) is 24.3 Å². The van der Waals surface area contributed by atoms with Gasteiger partial charge >= 0.3 is 0 Å². The second kappa shape index (κ2) is 5.36. The predicted molar refractivity (Wildman–Crippen MR) is 79.9 cm³/mol. The number of alkyl halides is 1. The van der Waals surface area contributed by atoms with Gasteiger partial charge in [0, 0.05) is 18.1 Å². The lowest BCUT2D eigenvalue weighted by Crippen LogP contribution is -2.33. The van der Waals surface area contributed by atoms with Gasteiger partial charge in [-0.1, -0.05) is 36.7 Å². The molecular formula is C15H25BrN2. The quantitative estimate of drug-likeness (QED) is 0.749. The number of aryl methyl sites for hydroxylation is 1. The molecule has 0 aromatic carbocycles. The van der Waals surface area contributed by atoms with Crippen molar-refractivity contribution in [3.8, 4) is 0 Å². The Labute approximate surface area is 119 Å². The first-order valence-corrected chi connectivity index (χ1v) is 7.89. The molecule has 1 aliphatic carbocycles. The van der Waals surface area contributed by atoms with Gasteiger partial charge in [-0.3, -0.25) is 4.68 Å². The Morgan fingerprint density at radius 3 is 2.67 bits per heavy atom. The van der Waals surface area contributed by atoms with Crippen molar-refractivity contribution < 1.29 is 0 Å². The average molecular weight is 313 g/mol. The van der Waals surface area contributed by atoms with Crippen LogP contribution in [0.25, 0.3) is 0 Å². The summed E-state index contributed by atoms with van der Waals surface area (Å²) < 4.78 is 1.91. The Hall–Kier alpha value is -0.310. The van der Waals surface area contributed by atoms with E-state index >= 15 is 0 Å². The average Bonchev–Trinajstić information content (AvgIpc) is 2.66. The monoisotopic (exact) mass is 312 g/mol. The fourth-order valence-corrected chi connectivity index (χ4v) is 3.77. The number of hydrogen-bond donors (Lipinski definition) is 0. The third-order valence-electron chi connectivity index (χ3n) is 4.37. The molecule has 0 aliphatic heterocycles. The maximum Gasteiger partial charge on any atom is 0.0521 e. The summed E-state index contributed by atoms with van der Waals surface area (Å²) in [4.78, 5) is 0.677. The molecule has 18 heavy (non-hydrogen) atoms. The van der Waals surface area contributed by atoms with Gasteiger partial charge in [-0.15, -0.1) is 0 Å². The van der Waals surface area contributed by atoms with Crippen LogP contribution in [0.2, 0.25) is 0 Å². The van der Waals surface area contributed by atoms with Crippen LogP contribution in [-0.4, -0.2) is 14.6 Å². The molecule has 0 amide bonds. The van der Waals surface area contributed by atoms with E-state index in [1.165, 1.54) is 24.8 Å². The SMILES string of the molecule is Cn1cc(CC2CC(C(C)(C)C)CCC2Br)cn1. The molecule has 0 saturated heterocycles. The molecule has 0 N–H and O–H groups in total. The number of halogens is 1. The van der Waals surface area contributed by atoms with Crippen LogP contribution < -0.4 is 0 Å². The zero-order valence-electron chi connectivity index (χ0n) is 12.0. The molecular weight excluding hydrogens is 288 g/mol. The van der Waals surface area contributed by atoms with Crippen molar-refractivity contribution in [3.63, 3.8) is 0 Å². The Kier molecular flexibility index (Phi) is 4.20. The Balaban J connectivity index is 2.02. The highest BCUT2D eigenvalue weighted by Gasteiger charge is 2.34. The van der Waals surface area contributed by atoms with E-state index in [2.05, 4.69) is 48.0 Å². The van der Waals surface area contributed by atoms with Crippen LogP contribution in [-0.2, 0) is 13.5 Å². The smallest absolute Gasteiger partial charge is 0.0521 e. The largest absolute Gasteiger partial charge is 0.276 e. The summed E-state index contributed by atoms with van der Waals surface area (Å²) in [5.41, 5.74) is 1.82. The highest BCUT2D eigenvalue weighted by Crippen LogP contribution is 2.43. The number of nitrogens with zero attached hydrogens (tertiary/aromatic N) is 2.